The second-order valence-electron chi connectivity index (χ2n) is 2.72. The van der Waals surface area contributed by atoms with Gasteiger partial charge < -0.3 is 5.32 Å². The molecule has 0 heterocycles. The van der Waals surface area contributed by atoms with Gasteiger partial charge in [-0.3, -0.25) is 10.4 Å². The topological polar surface area (TPSA) is 62.4 Å². The van der Waals surface area contributed by atoms with Crippen molar-refractivity contribution in [3.05, 3.63) is 27.7 Å². The third-order valence-corrected chi connectivity index (χ3v) is 2.87. The van der Waals surface area contributed by atoms with Gasteiger partial charge in [0.05, 0.1) is 5.02 Å². The zero-order valence-corrected chi connectivity index (χ0v) is 10.6. The highest BCUT2D eigenvalue weighted by atomic mass is 79.9. The van der Waals surface area contributed by atoms with Crippen molar-refractivity contribution in [2.24, 2.45) is 10.8 Å². The first-order chi connectivity index (χ1) is 7.17. The van der Waals surface area contributed by atoms with Crippen LogP contribution >= 0.6 is 27.5 Å². The lowest BCUT2D eigenvalue weighted by Gasteiger charge is -2.09. The highest BCUT2D eigenvalue weighted by molar-refractivity contribution is 9.10. The third-order valence-electron chi connectivity index (χ3n) is 1.64. The quantitative estimate of drug-likeness (QED) is 0.339. The molecule has 4 N–H and O–H groups in total. The first-order valence-corrected chi connectivity index (χ1v) is 5.57. The Morgan fingerprint density at radius 3 is 2.87 bits per heavy atom. The summed E-state index contributed by atoms with van der Waals surface area (Å²) in [6, 6.07) is 5.51. The van der Waals surface area contributed by atoms with Crippen LogP contribution in [0.3, 0.4) is 0 Å². The lowest BCUT2D eigenvalue weighted by Crippen LogP contribution is -2.36. The molecule has 0 bridgehead atoms. The summed E-state index contributed by atoms with van der Waals surface area (Å²) in [6.07, 6.45) is 0. The molecular formula is C9H12BrClN4. The van der Waals surface area contributed by atoms with E-state index in [-0.39, 0.29) is 0 Å². The van der Waals surface area contributed by atoms with Gasteiger partial charge in [0.15, 0.2) is 0 Å². The number of hydrogen-bond acceptors (Lipinski definition) is 2. The number of hydrazine groups is 1. The van der Waals surface area contributed by atoms with Crippen LogP contribution in [-0.4, -0.2) is 12.5 Å². The maximum absolute atomic E-state index is 5.94. The molecule has 6 heteroatoms. The predicted molar refractivity (Wildman–Crippen MR) is 68.1 cm³/mol. The number of hydrogen-bond donors (Lipinski definition) is 3. The van der Waals surface area contributed by atoms with Crippen LogP contribution in [0, 0.1) is 0 Å². The van der Waals surface area contributed by atoms with Crippen LogP contribution in [0.2, 0.25) is 5.02 Å². The van der Waals surface area contributed by atoms with Gasteiger partial charge >= 0.3 is 0 Å². The lowest BCUT2D eigenvalue weighted by atomic mass is 10.3. The fourth-order valence-corrected chi connectivity index (χ4v) is 1.42. The SMILES string of the molecule is CCN=C(NN)Nc1ccc(Br)c(Cl)c1. The van der Waals surface area contributed by atoms with Crippen LogP contribution in [-0.2, 0) is 0 Å². The number of rotatable bonds is 2. The van der Waals surface area contributed by atoms with Crippen molar-refractivity contribution in [2.45, 2.75) is 6.92 Å². The van der Waals surface area contributed by atoms with Crippen molar-refractivity contribution in [1.29, 1.82) is 0 Å². The van der Waals surface area contributed by atoms with Gasteiger partial charge in [0, 0.05) is 16.7 Å². The van der Waals surface area contributed by atoms with E-state index in [1.807, 2.05) is 19.1 Å². The molecule has 0 radical (unpaired) electrons. The average Bonchev–Trinajstić information content (AvgIpc) is 2.23. The predicted octanol–water partition coefficient (Wildman–Crippen LogP) is 2.35. The molecule has 0 amide bonds. The molecular weight excluding hydrogens is 279 g/mol. The van der Waals surface area contributed by atoms with Gasteiger partial charge in [-0.25, -0.2) is 5.84 Å². The average molecular weight is 292 g/mol. The number of nitrogens with one attached hydrogen (secondary N) is 2. The van der Waals surface area contributed by atoms with E-state index in [4.69, 9.17) is 17.4 Å². The number of benzene rings is 1. The molecule has 1 aromatic carbocycles. The van der Waals surface area contributed by atoms with Crippen LogP contribution in [0.5, 0.6) is 0 Å². The van der Waals surface area contributed by atoms with Gasteiger partial charge in [0.25, 0.3) is 0 Å². The Kier molecular flexibility index (Phi) is 4.87. The number of nitrogens with two attached hydrogens (primary N) is 1. The number of halogens is 2. The molecule has 0 atom stereocenters. The van der Waals surface area contributed by atoms with Gasteiger partial charge in [-0.05, 0) is 41.1 Å². The largest absolute Gasteiger partial charge is 0.325 e. The maximum atomic E-state index is 5.94. The summed E-state index contributed by atoms with van der Waals surface area (Å²) in [6.45, 7) is 2.57. The van der Waals surface area contributed by atoms with Crippen LogP contribution in [0.1, 0.15) is 6.92 Å². The van der Waals surface area contributed by atoms with Crippen LogP contribution in [0.4, 0.5) is 5.69 Å². The van der Waals surface area contributed by atoms with E-state index in [1.54, 1.807) is 6.07 Å². The maximum Gasteiger partial charge on any atom is 0.210 e. The molecule has 0 aromatic heterocycles. The molecule has 4 nitrogen and oxygen atoms in total. The summed E-state index contributed by atoms with van der Waals surface area (Å²) < 4.78 is 0.851. The minimum absolute atomic E-state index is 0.510. The van der Waals surface area contributed by atoms with Crippen molar-refractivity contribution in [2.75, 3.05) is 11.9 Å². The lowest BCUT2D eigenvalue weighted by molar-refractivity contribution is 0.986. The van der Waals surface area contributed by atoms with Crippen molar-refractivity contribution >= 4 is 39.2 Å². The summed E-state index contributed by atoms with van der Waals surface area (Å²) in [5.41, 5.74) is 3.30. The van der Waals surface area contributed by atoms with Gasteiger partial charge in [0.1, 0.15) is 0 Å². The first kappa shape index (κ1) is 12.3. The molecule has 1 aromatic rings. The molecule has 0 aliphatic heterocycles. The highest BCUT2D eigenvalue weighted by Gasteiger charge is 2.00. The minimum Gasteiger partial charge on any atom is -0.325 e. The fraction of sp³-hybridized carbons (Fsp3) is 0.222. The fourth-order valence-electron chi connectivity index (χ4n) is 0.990. The van der Waals surface area contributed by atoms with Crippen LogP contribution in [0.15, 0.2) is 27.7 Å². The molecule has 82 valence electrons. The number of nitrogens with zero attached hydrogens (tertiary/aromatic N) is 1. The van der Waals surface area contributed by atoms with E-state index in [0.29, 0.717) is 17.5 Å². The molecule has 15 heavy (non-hydrogen) atoms. The number of anilines is 1. The normalized spacial score (nSPS) is 11.3. The Morgan fingerprint density at radius 1 is 1.60 bits per heavy atom. The second-order valence-corrected chi connectivity index (χ2v) is 3.98. The van der Waals surface area contributed by atoms with E-state index < -0.39 is 0 Å². The van der Waals surface area contributed by atoms with Crippen molar-refractivity contribution in [3.63, 3.8) is 0 Å². The Hall–Kier alpha value is -0.780. The van der Waals surface area contributed by atoms with Gasteiger partial charge in [0.2, 0.25) is 5.96 Å². The summed E-state index contributed by atoms with van der Waals surface area (Å²) >= 11 is 9.25. The summed E-state index contributed by atoms with van der Waals surface area (Å²) in [5, 5.41) is 3.64. The van der Waals surface area contributed by atoms with Gasteiger partial charge in [-0.15, -0.1) is 0 Å². The molecule has 0 fully saturated rings. The van der Waals surface area contributed by atoms with Gasteiger partial charge in [-0.2, -0.15) is 0 Å². The van der Waals surface area contributed by atoms with Crippen LogP contribution < -0.4 is 16.6 Å². The van der Waals surface area contributed by atoms with E-state index in [2.05, 4.69) is 31.7 Å². The van der Waals surface area contributed by atoms with E-state index in [1.165, 1.54) is 0 Å². The standard InChI is InChI=1S/C9H12BrClN4/c1-2-13-9(15-12)14-6-3-4-7(10)8(11)5-6/h3-5H,2,12H2,1H3,(H2,13,14,15). The van der Waals surface area contributed by atoms with E-state index >= 15 is 0 Å². The molecule has 0 saturated carbocycles. The van der Waals surface area contributed by atoms with Crippen LogP contribution in [0.25, 0.3) is 0 Å². The second kappa shape index (κ2) is 5.95. The van der Waals surface area contributed by atoms with E-state index in [0.717, 1.165) is 10.2 Å². The highest BCUT2D eigenvalue weighted by Crippen LogP contribution is 2.25. The Balaban J connectivity index is 2.80. The molecule has 0 spiro atoms. The molecule has 0 unspecified atom stereocenters. The number of aliphatic imine (C=N–C) groups is 1. The smallest absolute Gasteiger partial charge is 0.210 e. The molecule has 0 aliphatic rings. The molecule has 0 saturated heterocycles. The molecule has 0 aliphatic carbocycles. The van der Waals surface area contributed by atoms with E-state index in [9.17, 15) is 0 Å². The Morgan fingerprint density at radius 2 is 2.33 bits per heavy atom. The molecule has 1 rings (SSSR count). The first-order valence-electron chi connectivity index (χ1n) is 4.40. The summed E-state index contributed by atoms with van der Waals surface area (Å²) in [7, 11) is 0. The minimum atomic E-state index is 0.510. The zero-order valence-electron chi connectivity index (χ0n) is 8.22. The zero-order chi connectivity index (χ0) is 11.3. The Labute approximate surface area is 102 Å². The summed E-state index contributed by atoms with van der Waals surface area (Å²) in [5.74, 6) is 5.80. The third kappa shape index (κ3) is 3.70. The van der Waals surface area contributed by atoms with Gasteiger partial charge in [-0.1, -0.05) is 11.6 Å². The Bertz CT molecular complexity index is 367. The summed E-state index contributed by atoms with van der Waals surface area (Å²) in [4.78, 5) is 4.10. The van der Waals surface area contributed by atoms with Crippen molar-refractivity contribution in [1.82, 2.24) is 5.43 Å². The number of guanidine groups is 1. The monoisotopic (exact) mass is 290 g/mol. The van der Waals surface area contributed by atoms with Crippen molar-refractivity contribution in [3.8, 4) is 0 Å². The van der Waals surface area contributed by atoms with Crippen molar-refractivity contribution < 1.29 is 0 Å².